The van der Waals surface area contributed by atoms with Crippen LogP contribution in [0.2, 0.25) is 0 Å². The molecule has 35 heavy (non-hydrogen) atoms. The molecule has 6 nitrogen and oxygen atoms in total. The summed E-state index contributed by atoms with van der Waals surface area (Å²) in [6, 6.07) is 16.7. The van der Waals surface area contributed by atoms with Gasteiger partial charge in [-0.2, -0.15) is 0 Å². The Hall–Kier alpha value is -3.55. The van der Waals surface area contributed by atoms with E-state index >= 15 is 0 Å². The number of fused-ring (bicyclic) bond motifs is 4. The van der Waals surface area contributed by atoms with Gasteiger partial charge >= 0.3 is 0 Å². The zero-order chi connectivity index (χ0) is 23.9. The van der Waals surface area contributed by atoms with E-state index in [9.17, 15) is 14.0 Å². The second-order valence-corrected chi connectivity index (χ2v) is 9.10. The number of amides is 1. The summed E-state index contributed by atoms with van der Waals surface area (Å²) in [4.78, 5) is 31.5. The molecule has 2 aliphatic rings. The molecule has 0 spiro atoms. The Morgan fingerprint density at radius 2 is 1.66 bits per heavy atom. The minimum atomic E-state index is -0.616. The van der Waals surface area contributed by atoms with Crippen LogP contribution < -0.4 is 5.43 Å². The van der Waals surface area contributed by atoms with E-state index in [-0.39, 0.29) is 22.9 Å². The number of morpholine rings is 1. The van der Waals surface area contributed by atoms with E-state index in [0.717, 1.165) is 36.8 Å². The smallest absolute Gasteiger partial charge is 0.290 e. The molecule has 1 aromatic heterocycles. The lowest BCUT2D eigenvalue weighted by Gasteiger charge is -2.29. The first-order valence-corrected chi connectivity index (χ1v) is 12.0. The third-order valence-corrected chi connectivity index (χ3v) is 7.02. The second kappa shape index (κ2) is 8.91. The third kappa shape index (κ3) is 3.81. The van der Waals surface area contributed by atoms with Crippen molar-refractivity contribution in [1.29, 1.82) is 0 Å². The van der Waals surface area contributed by atoms with Crippen molar-refractivity contribution in [1.82, 2.24) is 9.80 Å². The molecule has 6 rings (SSSR count). The summed E-state index contributed by atoms with van der Waals surface area (Å²) in [5.74, 6) is -0.586. The average Bonchev–Trinajstić information content (AvgIpc) is 3.17. The second-order valence-electron chi connectivity index (χ2n) is 9.10. The van der Waals surface area contributed by atoms with Crippen molar-refractivity contribution in [2.75, 3.05) is 39.4 Å². The lowest BCUT2D eigenvalue weighted by Crippen LogP contribution is -2.38. The molecular weight excluding hydrogens is 447 g/mol. The van der Waals surface area contributed by atoms with Gasteiger partial charge in [-0.15, -0.1) is 0 Å². The summed E-state index contributed by atoms with van der Waals surface area (Å²) in [7, 11) is 0. The van der Waals surface area contributed by atoms with Crippen molar-refractivity contribution in [3.05, 3.63) is 93.6 Å². The Morgan fingerprint density at radius 1 is 0.886 bits per heavy atom. The molecule has 0 aliphatic carbocycles. The van der Waals surface area contributed by atoms with Crippen LogP contribution in [-0.4, -0.2) is 55.1 Å². The van der Waals surface area contributed by atoms with Crippen molar-refractivity contribution in [3.8, 4) is 0 Å². The summed E-state index contributed by atoms with van der Waals surface area (Å²) < 4.78 is 25.4. The largest absolute Gasteiger partial charge is 0.450 e. The maximum atomic E-state index is 13.8. The lowest BCUT2D eigenvalue weighted by molar-refractivity contribution is 0.0353. The molecule has 7 heteroatoms. The van der Waals surface area contributed by atoms with Gasteiger partial charge in [-0.05, 0) is 35.6 Å². The van der Waals surface area contributed by atoms with Crippen LogP contribution >= 0.6 is 0 Å². The monoisotopic (exact) mass is 472 g/mol. The summed E-state index contributed by atoms with van der Waals surface area (Å²) in [6.45, 7) is 4.45. The highest BCUT2D eigenvalue weighted by molar-refractivity contribution is 6.06. The van der Waals surface area contributed by atoms with Gasteiger partial charge in [0.05, 0.1) is 30.2 Å². The zero-order valence-electron chi connectivity index (χ0n) is 19.2. The molecule has 0 N–H and O–H groups in total. The van der Waals surface area contributed by atoms with Crippen LogP contribution in [0.4, 0.5) is 4.39 Å². The molecule has 1 saturated heterocycles. The lowest BCUT2D eigenvalue weighted by atomic mass is 9.97. The van der Waals surface area contributed by atoms with Crippen LogP contribution in [0.15, 0.2) is 69.9 Å². The number of rotatable bonds is 5. The standard InChI is InChI=1S/C28H25FN2O4/c29-20-9-6-19(7-10-20)24-23-25(32)22-11-8-18-4-1-2-5-21(18)26(22)35-27(23)28(33)31(24)13-3-12-30-14-16-34-17-15-30/h1-2,4-11,24H,3,12-17H2. The van der Waals surface area contributed by atoms with Crippen LogP contribution in [0.1, 0.15) is 34.1 Å². The maximum Gasteiger partial charge on any atom is 0.290 e. The number of carbonyl (C=O) groups excluding carboxylic acids is 1. The van der Waals surface area contributed by atoms with Crippen LogP contribution in [0.5, 0.6) is 0 Å². The fraction of sp³-hybridized carbons (Fsp3) is 0.286. The molecule has 1 unspecified atom stereocenters. The molecule has 0 bridgehead atoms. The van der Waals surface area contributed by atoms with E-state index in [4.69, 9.17) is 9.15 Å². The summed E-state index contributed by atoms with van der Waals surface area (Å²) in [6.07, 6.45) is 0.744. The number of hydrogen-bond acceptors (Lipinski definition) is 5. The highest BCUT2D eigenvalue weighted by Gasteiger charge is 2.42. The van der Waals surface area contributed by atoms with Gasteiger partial charge in [0.25, 0.3) is 5.91 Å². The Morgan fingerprint density at radius 3 is 2.46 bits per heavy atom. The zero-order valence-corrected chi connectivity index (χ0v) is 19.2. The molecule has 1 atom stereocenters. The Bertz CT molecular complexity index is 1470. The van der Waals surface area contributed by atoms with Crippen molar-refractivity contribution in [3.63, 3.8) is 0 Å². The molecule has 0 radical (unpaired) electrons. The van der Waals surface area contributed by atoms with Gasteiger partial charge in [0.15, 0.2) is 5.43 Å². The molecule has 4 aromatic rings. The minimum Gasteiger partial charge on any atom is -0.450 e. The van der Waals surface area contributed by atoms with Crippen LogP contribution in [0, 0.1) is 5.82 Å². The van der Waals surface area contributed by atoms with E-state index < -0.39 is 6.04 Å². The molecule has 0 saturated carbocycles. The van der Waals surface area contributed by atoms with E-state index in [1.165, 1.54) is 12.1 Å². The van der Waals surface area contributed by atoms with Crippen molar-refractivity contribution >= 4 is 27.6 Å². The van der Waals surface area contributed by atoms with Gasteiger partial charge < -0.3 is 14.1 Å². The summed E-state index contributed by atoms with van der Waals surface area (Å²) in [5.41, 5.74) is 1.23. The molecule has 2 aliphatic heterocycles. The highest BCUT2D eigenvalue weighted by Crippen LogP contribution is 2.39. The average molecular weight is 473 g/mol. The number of nitrogens with zero attached hydrogens (tertiary/aromatic N) is 2. The van der Waals surface area contributed by atoms with Crippen molar-refractivity contribution in [2.45, 2.75) is 12.5 Å². The Kier molecular flexibility index (Phi) is 5.59. The molecule has 1 amide bonds. The van der Waals surface area contributed by atoms with Gasteiger partial charge in [0.1, 0.15) is 11.4 Å². The first-order chi connectivity index (χ1) is 17.1. The fourth-order valence-corrected chi connectivity index (χ4v) is 5.26. The first kappa shape index (κ1) is 21.9. The van der Waals surface area contributed by atoms with Gasteiger partial charge in [0, 0.05) is 31.6 Å². The normalized spacial score (nSPS) is 18.5. The molecule has 178 valence electrons. The molecule has 3 heterocycles. The molecular formula is C28H25FN2O4. The van der Waals surface area contributed by atoms with Crippen molar-refractivity contribution in [2.24, 2.45) is 0 Å². The number of benzene rings is 3. The molecule has 3 aromatic carbocycles. The summed E-state index contributed by atoms with van der Waals surface area (Å²) >= 11 is 0. The third-order valence-electron chi connectivity index (χ3n) is 7.02. The quantitative estimate of drug-likeness (QED) is 0.404. The number of carbonyl (C=O) groups is 1. The topological polar surface area (TPSA) is 63.0 Å². The van der Waals surface area contributed by atoms with Gasteiger partial charge in [0.2, 0.25) is 5.76 Å². The van der Waals surface area contributed by atoms with Gasteiger partial charge in [-0.25, -0.2) is 4.39 Å². The number of ether oxygens (including phenoxy) is 1. The van der Waals surface area contributed by atoms with Gasteiger partial charge in [-0.1, -0.05) is 42.5 Å². The van der Waals surface area contributed by atoms with E-state index in [2.05, 4.69) is 4.90 Å². The highest BCUT2D eigenvalue weighted by atomic mass is 19.1. The number of hydrogen-bond donors (Lipinski definition) is 0. The Labute approximate surface area is 201 Å². The molecule has 1 fully saturated rings. The predicted molar refractivity (Wildman–Crippen MR) is 131 cm³/mol. The first-order valence-electron chi connectivity index (χ1n) is 12.0. The Balaban J connectivity index is 1.44. The predicted octanol–water partition coefficient (Wildman–Crippen LogP) is 4.35. The van der Waals surface area contributed by atoms with Crippen LogP contribution in [0.25, 0.3) is 21.7 Å². The maximum absolute atomic E-state index is 13.8. The SMILES string of the molecule is O=C1c2oc3c(ccc4ccccc43)c(=O)c2C(c2ccc(F)cc2)N1CCCN1CCOCC1. The van der Waals surface area contributed by atoms with Crippen LogP contribution in [0.3, 0.4) is 0 Å². The van der Waals surface area contributed by atoms with E-state index in [1.807, 2.05) is 30.3 Å². The van der Waals surface area contributed by atoms with Crippen LogP contribution in [-0.2, 0) is 4.74 Å². The van der Waals surface area contributed by atoms with E-state index in [0.29, 0.717) is 41.9 Å². The van der Waals surface area contributed by atoms with E-state index in [1.54, 1.807) is 23.1 Å². The van der Waals surface area contributed by atoms with Crippen molar-refractivity contribution < 1.29 is 18.3 Å². The fourth-order valence-electron chi connectivity index (χ4n) is 5.26. The summed E-state index contributed by atoms with van der Waals surface area (Å²) in [5, 5.41) is 2.17. The van der Waals surface area contributed by atoms with Gasteiger partial charge in [-0.3, -0.25) is 14.5 Å². The number of halogens is 1. The minimum absolute atomic E-state index is 0.0829.